The number of hydrogen-bond acceptors (Lipinski definition) is 2. The minimum Gasteiger partial charge on any atom is -0.396 e. The molecule has 9 atom stereocenters. The third-order valence-electron chi connectivity index (χ3n) is 11.6. The Hall–Kier alpha value is -0.0800. The van der Waals surface area contributed by atoms with E-state index in [2.05, 4.69) is 48.5 Å². The van der Waals surface area contributed by atoms with Gasteiger partial charge in [-0.3, -0.25) is 0 Å². The molecule has 1 fully saturated rings. The first kappa shape index (κ1) is 39.9. The second-order valence-electron chi connectivity index (χ2n) is 16.3. The van der Waals surface area contributed by atoms with Crippen molar-refractivity contribution in [2.45, 2.75) is 190 Å². The molecule has 2 N–H and O–H groups in total. The maximum atomic E-state index is 9.11. The molecule has 1 rings (SSSR count). The van der Waals surface area contributed by atoms with E-state index in [-0.39, 0.29) is 0 Å². The molecule has 0 aromatic rings. The predicted molar refractivity (Wildman–Crippen MR) is 187 cm³/mol. The third-order valence-corrected chi connectivity index (χ3v) is 11.6. The lowest BCUT2D eigenvalue weighted by Crippen LogP contribution is -2.10. The molecule has 0 heterocycles. The van der Waals surface area contributed by atoms with Crippen molar-refractivity contribution in [3.8, 4) is 0 Å². The van der Waals surface area contributed by atoms with Crippen LogP contribution in [0.15, 0.2) is 0 Å². The van der Waals surface area contributed by atoms with Crippen LogP contribution in [0.3, 0.4) is 0 Å². The Kier molecular flexibility index (Phi) is 23.9. The molecule has 1 aliphatic carbocycles. The molecular weight excluding hydrogens is 512 g/mol. The van der Waals surface area contributed by atoms with Crippen LogP contribution in [-0.2, 0) is 0 Å². The summed E-state index contributed by atoms with van der Waals surface area (Å²) in [4.78, 5) is 0. The maximum Gasteiger partial charge on any atom is 0.0433 e. The lowest BCUT2D eigenvalue weighted by Gasteiger charge is -2.21. The minimum atomic E-state index is 0.349. The van der Waals surface area contributed by atoms with Crippen LogP contribution in [-0.4, -0.2) is 23.4 Å². The number of aliphatic hydroxyl groups is 2. The standard InChI is InChI=1S/C40H80O2/c1-32(13-8-14-33(2)16-10-18-36(5)27-29-41)15-9-17-34(3)23-24-35(4)19-11-21-38(7)40-26-25-39(31-40)22-12-20-37(6)28-30-42/h32-42H,8-31H2,1-7H3/t32-,33+,34-,35+,36-,37-,38+,39+,40-/m0/s1. The van der Waals surface area contributed by atoms with E-state index in [1.807, 2.05) is 0 Å². The van der Waals surface area contributed by atoms with Crippen LogP contribution in [0.1, 0.15) is 190 Å². The maximum absolute atomic E-state index is 9.11. The van der Waals surface area contributed by atoms with Crippen molar-refractivity contribution < 1.29 is 10.2 Å². The fourth-order valence-electron chi connectivity index (χ4n) is 7.99. The average molecular weight is 593 g/mol. The third kappa shape index (κ3) is 20.8. The largest absolute Gasteiger partial charge is 0.396 e. The summed E-state index contributed by atoms with van der Waals surface area (Å²) >= 11 is 0. The molecule has 1 saturated carbocycles. The Labute approximate surface area is 266 Å². The summed E-state index contributed by atoms with van der Waals surface area (Å²) in [6.45, 7) is 17.8. The van der Waals surface area contributed by atoms with E-state index in [4.69, 9.17) is 10.2 Å². The van der Waals surface area contributed by atoms with Crippen LogP contribution in [0.4, 0.5) is 0 Å². The van der Waals surface area contributed by atoms with Gasteiger partial charge in [0.05, 0.1) is 0 Å². The SMILES string of the molecule is C[C@H](CCC[C@H](C)CCC[C@H](C)CC[C@H](C)CCC[C@@H](C)[C@H]1CC[C@@H](CCC[C@H](C)CCO)C1)CCC[C@H](C)CCO. The highest BCUT2D eigenvalue weighted by Crippen LogP contribution is 2.40. The van der Waals surface area contributed by atoms with Gasteiger partial charge in [-0.05, 0) is 78.9 Å². The van der Waals surface area contributed by atoms with Crippen molar-refractivity contribution in [3.05, 3.63) is 0 Å². The van der Waals surface area contributed by atoms with Crippen LogP contribution in [0.5, 0.6) is 0 Å². The van der Waals surface area contributed by atoms with E-state index in [1.165, 1.54) is 128 Å². The van der Waals surface area contributed by atoms with Gasteiger partial charge in [0.25, 0.3) is 0 Å². The molecule has 0 spiro atoms. The van der Waals surface area contributed by atoms with Gasteiger partial charge in [0, 0.05) is 13.2 Å². The van der Waals surface area contributed by atoms with E-state index in [0.717, 1.165) is 54.3 Å². The van der Waals surface area contributed by atoms with Gasteiger partial charge in [0.1, 0.15) is 0 Å². The number of rotatable bonds is 28. The Morgan fingerprint density at radius 3 is 1.21 bits per heavy atom. The normalized spacial score (nSPS) is 22.5. The summed E-state index contributed by atoms with van der Waals surface area (Å²) in [6.07, 6.45) is 30.2. The van der Waals surface area contributed by atoms with E-state index >= 15 is 0 Å². The highest BCUT2D eigenvalue weighted by molar-refractivity contribution is 4.79. The van der Waals surface area contributed by atoms with Crippen LogP contribution in [0, 0.1) is 53.3 Å². The van der Waals surface area contributed by atoms with Gasteiger partial charge in [-0.25, -0.2) is 0 Å². The van der Waals surface area contributed by atoms with Crippen molar-refractivity contribution in [1.82, 2.24) is 0 Å². The van der Waals surface area contributed by atoms with Crippen LogP contribution in [0.25, 0.3) is 0 Å². The van der Waals surface area contributed by atoms with E-state index in [0.29, 0.717) is 25.0 Å². The molecule has 42 heavy (non-hydrogen) atoms. The zero-order valence-corrected chi connectivity index (χ0v) is 30.1. The average Bonchev–Trinajstić information content (AvgIpc) is 3.41. The summed E-state index contributed by atoms with van der Waals surface area (Å²) in [5.74, 6) is 7.83. The van der Waals surface area contributed by atoms with Gasteiger partial charge in [-0.15, -0.1) is 0 Å². The molecule has 0 bridgehead atoms. The summed E-state index contributed by atoms with van der Waals surface area (Å²) in [6, 6.07) is 0. The Morgan fingerprint density at radius 2 is 0.786 bits per heavy atom. The molecule has 0 aliphatic heterocycles. The van der Waals surface area contributed by atoms with Crippen molar-refractivity contribution in [3.63, 3.8) is 0 Å². The molecule has 0 aromatic carbocycles. The van der Waals surface area contributed by atoms with E-state index in [9.17, 15) is 0 Å². The van der Waals surface area contributed by atoms with E-state index < -0.39 is 0 Å². The zero-order valence-electron chi connectivity index (χ0n) is 30.1. The van der Waals surface area contributed by atoms with Crippen molar-refractivity contribution in [2.75, 3.05) is 13.2 Å². The predicted octanol–water partition coefficient (Wildman–Crippen LogP) is 12.3. The fraction of sp³-hybridized carbons (Fsp3) is 1.00. The van der Waals surface area contributed by atoms with E-state index in [1.54, 1.807) is 0 Å². The van der Waals surface area contributed by atoms with Crippen LogP contribution in [0.2, 0.25) is 0 Å². The van der Waals surface area contributed by atoms with Gasteiger partial charge in [-0.1, -0.05) is 164 Å². The van der Waals surface area contributed by atoms with Gasteiger partial charge in [0.2, 0.25) is 0 Å². The van der Waals surface area contributed by atoms with Crippen molar-refractivity contribution in [2.24, 2.45) is 53.3 Å². The van der Waals surface area contributed by atoms with Gasteiger partial charge >= 0.3 is 0 Å². The Bertz CT molecular complexity index is 590. The topological polar surface area (TPSA) is 40.5 Å². The minimum absolute atomic E-state index is 0.349. The second kappa shape index (κ2) is 25.2. The van der Waals surface area contributed by atoms with Gasteiger partial charge < -0.3 is 10.2 Å². The molecule has 0 aromatic heterocycles. The van der Waals surface area contributed by atoms with Crippen molar-refractivity contribution >= 4 is 0 Å². The smallest absolute Gasteiger partial charge is 0.0433 e. The lowest BCUT2D eigenvalue weighted by atomic mass is 9.85. The molecule has 2 nitrogen and oxygen atoms in total. The number of aliphatic hydroxyl groups excluding tert-OH is 2. The molecule has 0 unspecified atom stereocenters. The highest BCUT2D eigenvalue weighted by atomic mass is 16.3. The Balaban J connectivity index is 2.02. The number of hydrogen-bond donors (Lipinski definition) is 2. The molecular formula is C40H80O2. The summed E-state index contributed by atoms with van der Waals surface area (Å²) in [7, 11) is 0. The molecule has 0 radical (unpaired) electrons. The zero-order chi connectivity index (χ0) is 31.2. The first-order valence-corrected chi connectivity index (χ1v) is 19.4. The van der Waals surface area contributed by atoms with Gasteiger partial charge in [-0.2, -0.15) is 0 Å². The van der Waals surface area contributed by atoms with Crippen molar-refractivity contribution in [1.29, 1.82) is 0 Å². The molecule has 1 aliphatic rings. The lowest BCUT2D eigenvalue weighted by molar-refractivity contribution is 0.254. The first-order chi connectivity index (χ1) is 20.1. The van der Waals surface area contributed by atoms with Crippen LogP contribution < -0.4 is 0 Å². The molecule has 0 saturated heterocycles. The van der Waals surface area contributed by atoms with Gasteiger partial charge in [0.15, 0.2) is 0 Å². The summed E-state index contributed by atoms with van der Waals surface area (Å²) in [5, 5.41) is 18.2. The van der Waals surface area contributed by atoms with Crippen LogP contribution >= 0.6 is 0 Å². The first-order valence-electron chi connectivity index (χ1n) is 19.4. The second-order valence-corrected chi connectivity index (χ2v) is 16.3. The molecule has 0 amide bonds. The highest BCUT2D eigenvalue weighted by Gasteiger charge is 2.28. The Morgan fingerprint density at radius 1 is 0.429 bits per heavy atom. The quantitative estimate of drug-likeness (QED) is 0.0948. The summed E-state index contributed by atoms with van der Waals surface area (Å²) < 4.78 is 0. The molecule has 252 valence electrons. The molecule has 2 heteroatoms. The fourth-order valence-corrected chi connectivity index (χ4v) is 7.99. The monoisotopic (exact) mass is 593 g/mol. The summed E-state index contributed by atoms with van der Waals surface area (Å²) in [5.41, 5.74) is 0.